The van der Waals surface area contributed by atoms with E-state index in [0.717, 1.165) is 12.0 Å². The first kappa shape index (κ1) is 36.3. The van der Waals surface area contributed by atoms with Gasteiger partial charge in [-0.05, 0) is 86.9 Å². The lowest BCUT2D eigenvalue weighted by Gasteiger charge is -2.36. The van der Waals surface area contributed by atoms with Crippen molar-refractivity contribution in [1.29, 1.82) is 0 Å². The molecule has 11 heteroatoms. The molecular weight excluding hydrogens is 590 g/mol. The van der Waals surface area contributed by atoms with Gasteiger partial charge in [0.1, 0.15) is 17.9 Å². The van der Waals surface area contributed by atoms with Gasteiger partial charge in [-0.2, -0.15) is 0 Å². The van der Waals surface area contributed by atoms with Crippen LogP contribution < -0.4 is 25.3 Å². The first-order chi connectivity index (χ1) is 22.0. The van der Waals surface area contributed by atoms with Crippen LogP contribution in [0.2, 0.25) is 0 Å². The molecule has 2 amide bonds. The maximum atomic E-state index is 13.8. The van der Waals surface area contributed by atoms with Gasteiger partial charge >= 0.3 is 5.97 Å². The summed E-state index contributed by atoms with van der Waals surface area (Å²) in [7, 11) is 3.14. The Bertz CT molecular complexity index is 1340. The van der Waals surface area contributed by atoms with E-state index < -0.39 is 35.2 Å². The fourth-order valence-electron chi connectivity index (χ4n) is 5.18. The second-order valence-corrected chi connectivity index (χ2v) is 12.1. The van der Waals surface area contributed by atoms with Crippen molar-refractivity contribution < 1.29 is 38.1 Å². The molecule has 0 aromatic heterocycles. The minimum absolute atomic E-state index is 0.175. The molecule has 2 atom stereocenters. The van der Waals surface area contributed by atoms with Gasteiger partial charge in [0.25, 0.3) is 11.8 Å². The van der Waals surface area contributed by atoms with Crippen molar-refractivity contribution >= 4 is 23.6 Å². The number of methoxy groups -OCH3 is 2. The van der Waals surface area contributed by atoms with Crippen LogP contribution in [0.1, 0.15) is 76.5 Å². The Morgan fingerprint density at radius 2 is 1.80 bits per heavy atom. The molecule has 0 bridgehead atoms. The van der Waals surface area contributed by atoms with Crippen LogP contribution in [-0.4, -0.2) is 75.0 Å². The molecule has 0 saturated carbocycles. The number of hydrogen-bond donors (Lipinski definition) is 2. The van der Waals surface area contributed by atoms with Gasteiger partial charge in [-0.15, -0.1) is 0 Å². The lowest BCUT2D eigenvalue weighted by molar-refractivity contribution is -0.164. The van der Waals surface area contributed by atoms with Gasteiger partial charge in [0.15, 0.2) is 18.1 Å². The van der Waals surface area contributed by atoms with Gasteiger partial charge in [0.2, 0.25) is 5.78 Å². The summed E-state index contributed by atoms with van der Waals surface area (Å²) >= 11 is 0. The third kappa shape index (κ3) is 9.94. The van der Waals surface area contributed by atoms with Crippen molar-refractivity contribution in [2.45, 2.75) is 77.9 Å². The first-order valence-electron chi connectivity index (χ1n) is 16.0. The minimum atomic E-state index is -0.863. The highest BCUT2D eigenvalue weighted by atomic mass is 16.5. The summed E-state index contributed by atoms with van der Waals surface area (Å²) in [6.45, 7) is 6.44. The van der Waals surface area contributed by atoms with Crippen LogP contribution in [-0.2, 0) is 30.3 Å². The number of ether oxygens (including phenoxy) is 4. The van der Waals surface area contributed by atoms with Gasteiger partial charge < -0.3 is 34.9 Å². The molecule has 11 nitrogen and oxygen atoms in total. The SMILES string of the molecule is CCC(C)(C)C(=O)C(=O)N1CCCCC1C(=O)O[C@H](CCc1ccc(OC)c(OC)c1)c1cccc(OCC(=O)NCCCN)c1. The zero-order chi connectivity index (χ0) is 33.7. The third-order valence-electron chi connectivity index (χ3n) is 8.43. The van der Waals surface area contributed by atoms with Crippen LogP contribution in [0.4, 0.5) is 0 Å². The molecule has 0 aliphatic carbocycles. The number of ketones is 1. The average molecular weight is 640 g/mol. The van der Waals surface area contributed by atoms with Gasteiger partial charge in [-0.3, -0.25) is 14.4 Å². The van der Waals surface area contributed by atoms with E-state index in [-0.39, 0.29) is 12.5 Å². The highest BCUT2D eigenvalue weighted by Crippen LogP contribution is 2.32. The molecule has 1 aliphatic rings. The topological polar surface area (TPSA) is 146 Å². The number of Topliss-reactive ketones (excluding diaryl/α,β-unsaturated/α-hetero) is 1. The Morgan fingerprint density at radius 1 is 1.04 bits per heavy atom. The summed E-state index contributed by atoms with van der Waals surface area (Å²) in [5, 5.41) is 2.75. The molecule has 46 heavy (non-hydrogen) atoms. The summed E-state index contributed by atoms with van der Waals surface area (Å²) in [6.07, 6.45) is 3.27. The second kappa shape index (κ2) is 17.5. The van der Waals surface area contributed by atoms with Crippen LogP contribution in [0.5, 0.6) is 17.2 Å². The average Bonchev–Trinajstić information content (AvgIpc) is 3.08. The maximum absolute atomic E-state index is 13.8. The molecule has 1 heterocycles. The molecule has 1 saturated heterocycles. The van der Waals surface area contributed by atoms with Crippen molar-refractivity contribution in [2.75, 3.05) is 40.5 Å². The van der Waals surface area contributed by atoms with E-state index in [1.807, 2.05) is 31.2 Å². The molecule has 0 spiro atoms. The molecule has 1 fully saturated rings. The van der Waals surface area contributed by atoms with Crippen LogP contribution in [0.3, 0.4) is 0 Å². The number of benzene rings is 2. The number of amides is 2. The molecular formula is C35H49N3O8. The number of hydrogen-bond acceptors (Lipinski definition) is 9. The van der Waals surface area contributed by atoms with E-state index in [4.69, 9.17) is 24.7 Å². The Labute approximate surface area is 272 Å². The van der Waals surface area contributed by atoms with Crippen molar-refractivity contribution in [2.24, 2.45) is 11.1 Å². The number of likely N-dealkylation sites (tertiary alicyclic amines) is 1. The van der Waals surface area contributed by atoms with Crippen molar-refractivity contribution in [1.82, 2.24) is 10.2 Å². The predicted octanol–water partition coefficient (Wildman–Crippen LogP) is 4.15. The number of rotatable bonds is 17. The molecule has 2 aromatic rings. The van der Waals surface area contributed by atoms with Gasteiger partial charge in [0.05, 0.1) is 14.2 Å². The van der Waals surface area contributed by atoms with E-state index >= 15 is 0 Å². The van der Waals surface area contributed by atoms with Crippen molar-refractivity contribution in [3.8, 4) is 17.2 Å². The number of carbonyl (C=O) groups is 4. The van der Waals surface area contributed by atoms with E-state index in [1.54, 1.807) is 46.3 Å². The van der Waals surface area contributed by atoms with Crippen LogP contribution >= 0.6 is 0 Å². The summed E-state index contributed by atoms with van der Waals surface area (Å²) in [5.41, 5.74) is 6.28. The molecule has 3 N–H and O–H groups in total. The number of nitrogens with two attached hydrogens (primary N) is 1. The van der Waals surface area contributed by atoms with E-state index in [0.29, 0.717) is 81.0 Å². The fraction of sp³-hybridized carbons (Fsp3) is 0.543. The maximum Gasteiger partial charge on any atom is 0.329 e. The number of carbonyl (C=O) groups excluding carboxylic acids is 4. The minimum Gasteiger partial charge on any atom is -0.493 e. The molecule has 3 rings (SSSR count). The summed E-state index contributed by atoms with van der Waals surface area (Å²) in [6, 6.07) is 11.8. The van der Waals surface area contributed by atoms with Gasteiger partial charge in [-0.25, -0.2) is 4.79 Å². The summed E-state index contributed by atoms with van der Waals surface area (Å²) in [4.78, 5) is 53.8. The van der Waals surface area contributed by atoms with E-state index in [9.17, 15) is 19.2 Å². The zero-order valence-electron chi connectivity index (χ0n) is 27.8. The number of esters is 1. The Kier molecular flexibility index (Phi) is 13.9. The monoisotopic (exact) mass is 639 g/mol. The summed E-state index contributed by atoms with van der Waals surface area (Å²) in [5.74, 6) is -0.331. The van der Waals surface area contributed by atoms with Gasteiger partial charge in [0, 0.05) is 18.5 Å². The highest BCUT2D eigenvalue weighted by molar-refractivity contribution is 6.38. The Morgan fingerprint density at radius 3 is 2.50 bits per heavy atom. The summed E-state index contributed by atoms with van der Waals surface area (Å²) < 4.78 is 22.7. The van der Waals surface area contributed by atoms with Crippen molar-refractivity contribution in [3.63, 3.8) is 0 Å². The Hall–Kier alpha value is -4.12. The number of nitrogens with zero attached hydrogens (tertiary/aromatic N) is 1. The molecule has 1 aliphatic heterocycles. The quantitative estimate of drug-likeness (QED) is 0.148. The number of piperidine rings is 1. The van der Waals surface area contributed by atoms with Crippen molar-refractivity contribution in [3.05, 3.63) is 53.6 Å². The second-order valence-electron chi connectivity index (χ2n) is 12.1. The number of aryl methyl sites for hydroxylation is 1. The normalized spacial score (nSPS) is 15.4. The smallest absolute Gasteiger partial charge is 0.329 e. The standard InChI is InChI=1S/C35H49N3O8/c1-6-35(2,3)32(40)33(41)38-20-8-7-13-27(38)34(42)46-28(16-14-24-15-17-29(43-4)30(21-24)44-5)25-11-9-12-26(22-25)45-23-31(39)37-19-10-18-36/h9,11-12,15,17,21-22,27-28H,6-8,10,13-14,16,18-20,23,36H2,1-5H3,(H,37,39)/t27?,28-/m1/s1. The van der Waals surface area contributed by atoms with Crippen LogP contribution in [0.25, 0.3) is 0 Å². The first-order valence-corrected chi connectivity index (χ1v) is 16.0. The fourth-order valence-corrected chi connectivity index (χ4v) is 5.18. The largest absolute Gasteiger partial charge is 0.493 e. The molecule has 2 aromatic carbocycles. The van der Waals surface area contributed by atoms with Gasteiger partial charge in [-0.1, -0.05) is 39.0 Å². The molecule has 252 valence electrons. The highest BCUT2D eigenvalue weighted by Gasteiger charge is 2.41. The predicted molar refractivity (Wildman–Crippen MR) is 174 cm³/mol. The number of nitrogens with one attached hydrogen (secondary N) is 1. The van der Waals surface area contributed by atoms with E-state index in [2.05, 4.69) is 5.32 Å². The Balaban J connectivity index is 1.84. The van der Waals surface area contributed by atoms with E-state index in [1.165, 1.54) is 4.90 Å². The lowest BCUT2D eigenvalue weighted by atomic mass is 9.84. The molecule has 0 radical (unpaired) electrons. The molecule has 1 unspecified atom stereocenters. The van der Waals surface area contributed by atoms with Crippen LogP contribution in [0.15, 0.2) is 42.5 Å². The lowest BCUT2D eigenvalue weighted by Crippen LogP contribution is -2.53. The zero-order valence-corrected chi connectivity index (χ0v) is 27.8. The van der Waals surface area contributed by atoms with Crippen LogP contribution in [0, 0.1) is 5.41 Å². The third-order valence-corrected chi connectivity index (χ3v) is 8.43.